The molecule has 0 amide bonds. The van der Waals surface area contributed by atoms with E-state index in [9.17, 15) is 8.42 Å². The highest BCUT2D eigenvalue weighted by Crippen LogP contribution is 2.45. The van der Waals surface area contributed by atoms with Crippen molar-refractivity contribution in [1.82, 2.24) is 4.90 Å². The second-order valence-electron chi connectivity index (χ2n) is 6.51. The minimum absolute atomic E-state index is 0.415. The van der Waals surface area contributed by atoms with E-state index in [0.717, 1.165) is 12.8 Å². The summed E-state index contributed by atoms with van der Waals surface area (Å²) in [5.74, 6) is 0. The Morgan fingerprint density at radius 2 is 1.80 bits per heavy atom. The molecule has 0 bridgehead atoms. The number of nitrogens with zero attached hydrogens (tertiary/aromatic N) is 1. The van der Waals surface area contributed by atoms with Crippen molar-refractivity contribution in [2.45, 2.75) is 25.7 Å². The van der Waals surface area contributed by atoms with Crippen molar-refractivity contribution in [3.05, 3.63) is 29.3 Å². The van der Waals surface area contributed by atoms with Crippen LogP contribution in [0.4, 0.5) is 5.69 Å². The van der Waals surface area contributed by atoms with Gasteiger partial charge in [0.1, 0.15) is 0 Å². The van der Waals surface area contributed by atoms with E-state index in [2.05, 4.69) is 22.7 Å². The summed E-state index contributed by atoms with van der Waals surface area (Å²) in [4.78, 5) is 2.39. The monoisotopic (exact) mass is 294 g/mol. The molecule has 0 atom stereocenters. The standard InChI is InChI=1S/C15H22N2O2S/c1-17-7-5-15(6-8-17)10-12-3-4-14(9-13(12)11-15)16-20(2,18)19/h3-4,9,16H,5-8,10-11H2,1-2H3. The van der Waals surface area contributed by atoms with Crippen LogP contribution < -0.4 is 4.72 Å². The zero-order valence-electron chi connectivity index (χ0n) is 12.1. The van der Waals surface area contributed by atoms with Crippen LogP contribution in [0.2, 0.25) is 0 Å². The van der Waals surface area contributed by atoms with Crippen molar-refractivity contribution in [3.8, 4) is 0 Å². The number of piperidine rings is 1. The van der Waals surface area contributed by atoms with Crippen LogP contribution >= 0.6 is 0 Å². The molecule has 1 aliphatic carbocycles. The average Bonchev–Trinajstić information content (AvgIpc) is 2.69. The fourth-order valence-corrected chi connectivity index (χ4v) is 4.11. The maximum Gasteiger partial charge on any atom is 0.229 e. The highest BCUT2D eigenvalue weighted by atomic mass is 32.2. The molecular weight excluding hydrogens is 272 g/mol. The quantitative estimate of drug-likeness (QED) is 0.906. The molecule has 0 aromatic heterocycles. The van der Waals surface area contributed by atoms with Gasteiger partial charge in [0.15, 0.2) is 0 Å². The molecule has 0 saturated carbocycles. The van der Waals surface area contributed by atoms with E-state index in [0.29, 0.717) is 11.1 Å². The van der Waals surface area contributed by atoms with Crippen LogP contribution in [0.1, 0.15) is 24.0 Å². The van der Waals surface area contributed by atoms with Gasteiger partial charge in [-0.3, -0.25) is 4.72 Å². The Balaban J connectivity index is 1.80. The van der Waals surface area contributed by atoms with Crippen molar-refractivity contribution < 1.29 is 8.42 Å². The van der Waals surface area contributed by atoms with Gasteiger partial charge in [-0.15, -0.1) is 0 Å². The molecule has 1 saturated heterocycles. The molecule has 3 rings (SSSR count). The number of hydrogen-bond donors (Lipinski definition) is 1. The molecule has 1 spiro atoms. The number of rotatable bonds is 2. The van der Waals surface area contributed by atoms with Crippen LogP contribution in [-0.4, -0.2) is 39.7 Å². The van der Waals surface area contributed by atoms with Crippen LogP contribution in [0.15, 0.2) is 18.2 Å². The number of benzene rings is 1. The predicted molar refractivity (Wildman–Crippen MR) is 81.5 cm³/mol. The summed E-state index contributed by atoms with van der Waals surface area (Å²) in [7, 11) is -1.01. The van der Waals surface area contributed by atoms with Gasteiger partial charge >= 0.3 is 0 Å². The van der Waals surface area contributed by atoms with Crippen molar-refractivity contribution in [2.24, 2.45) is 5.41 Å². The number of sulfonamides is 1. The van der Waals surface area contributed by atoms with E-state index in [1.165, 1.54) is 43.3 Å². The molecule has 20 heavy (non-hydrogen) atoms. The average molecular weight is 294 g/mol. The molecule has 1 N–H and O–H groups in total. The minimum atomic E-state index is -3.19. The van der Waals surface area contributed by atoms with Gasteiger partial charge in [-0.2, -0.15) is 0 Å². The van der Waals surface area contributed by atoms with Gasteiger partial charge in [0.25, 0.3) is 0 Å². The molecule has 1 aliphatic heterocycles. The van der Waals surface area contributed by atoms with Gasteiger partial charge in [-0.05, 0) is 74.5 Å². The van der Waals surface area contributed by atoms with Crippen molar-refractivity contribution in [3.63, 3.8) is 0 Å². The zero-order chi connectivity index (χ0) is 14.4. The first-order valence-corrected chi connectivity index (χ1v) is 9.03. The number of fused-ring (bicyclic) bond motifs is 1. The molecule has 0 radical (unpaired) electrons. The van der Waals surface area contributed by atoms with Crippen molar-refractivity contribution >= 4 is 15.7 Å². The maximum absolute atomic E-state index is 11.3. The lowest BCUT2D eigenvalue weighted by Gasteiger charge is -2.37. The molecule has 1 fully saturated rings. The summed E-state index contributed by atoms with van der Waals surface area (Å²) < 4.78 is 25.2. The minimum Gasteiger partial charge on any atom is -0.306 e. The third kappa shape index (κ3) is 2.83. The third-order valence-electron chi connectivity index (χ3n) is 4.69. The molecule has 5 heteroatoms. The summed E-state index contributed by atoms with van der Waals surface area (Å²) in [6.07, 6.45) is 5.92. The lowest BCUT2D eigenvalue weighted by molar-refractivity contribution is 0.131. The highest BCUT2D eigenvalue weighted by molar-refractivity contribution is 7.92. The van der Waals surface area contributed by atoms with E-state index in [1.807, 2.05) is 12.1 Å². The molecule has 1 aromatic carbocycles. The lowest BCUT2D eigenvalue weighted by Crippen LogP contribution is -2.38. The van der Waals surface area contributed by atoms with E-state index in [4.69, 9.17) is 0 Å². The first kappa shape index (κ1) is 13.9. The predicted octanol–water partition coefficient (Wildman–Crippen LogP) is 1.87. The van der Waals surface area contributed by atoms with Gasteiger partial charge in [0.2, 0.25) is 10.0 Å². The van der Waals surface area contributed by atoms with Gasteiger partial charge in [0.05, 0.1) is 6.26 Å². The molecule has 1 aromatic rings. The first-order valence-electron chi connectivity index (χ1n) is 7.13. The van der Waals surface area contributed by atoms with Crippen LogP contribution in [-0.2, 0) is 22.9 Å². The highest BCUT2D eigenvalue weighted by Gasteiger charge is 2.39. The van der Waals surface area contributed by atoms with Crippen molar-refractivity contribution in [2.75, 3.05) is 31.1 Å². The zero-order valence-corrected chi connectivity index (χ0v) is 13.0. The molecule has 1 heterocycles. The number of likely N-dealkylation sites (tertiary alicyclic amines) is 1. The van der Waals surface area contributed by atoms with Gasteiger partial charge in [0, 0.05) is 5.69 Å². The van der Waals surface area contributed by atoms with E-state index in [1.54, 1.807) is 0 Å². The van der Waals surface area contributed by atoms with Crippen LogP contribution in [0.5, 0.6) is 0 Å². The molecular formula is C15H22N2O2S. The summed E-state index contributed by atoms with van der Waals surface area (Å²) >= 11 is 0. The van der Waals surface area contributed by atoms with Gasteiger partial charge in [-0.25, -0.2) is 8.42 Å². The molecule has 2 aliphatic rings. The molecule has 110 valence electrons. The first-order chi connectivity index (χ1) is 9.35. The normalized spacial score (nSPS) is 21.9. The van der Waals surface area contributed by atoms with Gasteiger partial charge < -0.3 is 4.90 Å². The van der Waals surface area contributed by atoms with E-state index < -0.39 is 10.0 Å². The second-order valence-corrected chi connectivity index (χ2v) is 8.26. The maximum atomic E-state index is 11.3. The Morgan fingerprint density at radius 3 is 2.45 bits per heavy atom. The topological polar surface area (TPSA) is 49.4 Å². The molecule has 0 unspecified atom stereocenters. The lowest BCUT2D eigenvalue weighted by atomic mass is 9.76. The Kier molecular flexibility index (Phi) is 3.29. The van der Waals surface area contributed by atoms with Crippen LogP contribution in [0.25, 0.3) is 0 Å². The van der Waals surface area contributed by atoms with Crippen LogP contribution in [0, 0.1) is 5.41 Å². The Hall–Kier alpha value is -1.07. The smallest absolute Gasteiger partial charge is 0.229 e. The Morgan fingerprint density at radius 1 is 1.15 bits per heavy atom. The van der Waals surface area contributed by atoms with Crippen LogP contribution in [0.3, 0.4) is 0 Å². The fourth-order valence-electron chi connectivity index (χ4n) is 3.56. The summed E-state index contributed by atoms with van der Waals surface area (Å²) in [5, 5.41) is 0. The SMILES string of the molecule is CN1CCC2(CC1)Cc1ccc(NS(C)(=O)=O)cc1C2. The van der Waals surface area contributed by atoms with E-state index >= 15 is 0 Å². The van der Waals surface area contributed by atoms with Gasteiger partial charge in [-0.1, -0.05) is 6.07 Å². The summed E-state index contributed by atoms with van der Waals surface area (Å²) in [6.45, 7) is 2.34. The number of nitrogens with one attached hydrogen (secondary N) is 1. The summed E-state index contributed by atoms with van der Waals surface area (Å²) in [5.41, 5.74) is 3.83. The summed E-state index contributed by atoms with van der Waals surface area (Å²) in [6, 6.07) is 5.99. The number of hydrogen-bond acceptors (Lipinski definition) is 3. The van der Waals surface area contributed by atoms with Crippen molar-refractivity contribution in [1.29, 1.82) is 0 Å². The molecule has 4 nitrogen and oxygen atoms in total. The third-order valence-corrected chi connectivity index (χ3v) is 5.29. The number of anilines is 1. The second kappa shape index (κ2) is 4.74. The Bertz CT molecular complexity index is 617. The fraction of sp³-hybridized carbons (Fsp3) is 0.600. The largest absolute Gasteiger partial charge is 0.306 e. The van der Waals surface area contributed by atoms with E-state index in [-0.39, 0.29) is 0 Å². The Labute approximate surface area is 121 Å².